The predicted molar refractivity (Wildman–Crippen MR) is 109 cm³/mol. The van der Waals surface area contributed by atoms with Crippen molar-refractivity contribution in [2.24, 2.45) is 5.73 Å². The third-order valence-corrected chi connectivity index (χ3v) is 4.18. The maximum atomic E-state index is 12.6. The molecule has 27 heavy (non-hydrogen) atoms. The van der Waals surface area contributed by atoms with Gasteiger partial charge in [-0.3, -0.25) is 9.59 Å². The number of ether oxygens (including phenoxy) is 1. The molecule has 0 radical (unpaired) electrons. The van der Waals surface area contributed by atoms with E-state index in [0.717, 1.165) is 12.0 Å². The summed E-state index contributed by atoms with van der Waals surface area (Å²) in [6.07, 6.45) is 1.13. The molecule has 6 heteroatoms. The first-order valence-electron chi connectivity index (χ1n) is 8.83. The van der Waals surface area contributed by atoms with E-state index in [1.807, 2.05) is 30.3 Å². The zero-order valence-corrected chi connectivity index (χ0v) is 16.4. The predicted octanol–water partition coefficient (Wildman–Crippen LogP) is 3.46. The number of nitrogens with zero attached hydrogens (tertiary/aromatic N) is 1. The summed E-state index contributed by atoms with van der Waals surface area (Å²) in [5.74, 6) is 0.636. The molecule has 0 unspecified atom stereocenters. The summed E-state index contributed by atoms with van der Waals surface area (Å²) < 4.78 is 5.09. The Kier molecular flexibility index (Phi) is 10.2. The molecule has 0 atom stereocenters. The van der Waals surface area contributed by atoms with E-state index >= 15 is 0 Å². The SMILES string of the molecule is COc1ccc(C(=O)CCC(=O)N(CCCN)Cc2ccccc2)cc1.Cl. The largest absolute Gasteiger partial charge is 0.497 e. The first-order chi connectivity index (χ1) is 12.6. The lowest BCUT2D eigenvalue weighted by Gasteiger charge is -2.22. The Hall–Kier alpha value is -2.37. The Bertz CT molecular complexity index is 705. The number of halogens is 1. The quantitative estimate of drug-likeness (QED) is 0.630. The van der Waals surface area contributed by atoms with Crippen LogP contribution >= 0.6 is 12.4 Å². The monoisotopic (exact) mass is 390 g/mol. The number of amides is 1. The van der Waals surface area contributed by atoms with E-state index in [-0.39, 0.29) is 36.9 Å². The highest BCUT2D eigenvalue weighted by Crippen LogP contribution is 2.14. The van der Waals surface area contributed by atoms with Crippen molar-refractivity contribution >= 4 is 24.1 Å². The van der Waals surface area contributed by atoms with Crippen molar-refractivity contribution in [3.63, 3.8) is 0 Å². The van der Waals surface area contributed by atoms with Gasteiger partial charge in [0.15, 0.2) is 5.78 Å². The molecule has 2 aromatic carbocycles. The molecule has 0 spiro atoms. The number of nitrogens with two attached hydrogens (primary N) is 1. The molecule has 0 aliphatic carbocycles. The Labute approximate surface area is 166 Å². The van der Waals surface area contributed by atoms with Gasteiger partial charge in [-0.1, -0.05) is 30.3 Å². The molecule has 0 aromatic heterocycles. The number of benzene rings is 2. The number of hydrogen-bond donors (Lipinski definition) is 1. The fourth-order valence-corrected chi connectivity index (χ4v) is 2.68. The van der Waals surface area contributed by atoms with Crippen LogP contribution in [0.5, 0.6) is 5.75 Å². The summed E-state index contributed by atoms with van der Waals surface area (Å²) in [5.41, 5.74) is 7.25. The zero-order valence-electron chi connectivity index (χ0n) is 15.6. The average molecular weight is 391 g/mol. The van der Waals surface area contributed by atoms with Gasteiger partial charge in [0.1, 0.15) is 5.75 Å². The number of carbonyl (C=O) groups is 2. The van der Waals surface area contributed by atoms with E-state index in [9.17, 15) is 9.59 Å². The maximum absolute atomic E-state index is 12.6. The minimum atomic E-state index is -0.0421. The number of methoxy groups -OCH3 is 1. The lowest BCUT2D eigenvalue weighted by Crippen LogP contribution is -2.32. The summed E-state index contributed by atoms with van der Waals surface area (Å²) in [7, 11) is 1.58. The van der Waals surface area contributed by atoms with Crippen LogP contribution < -0.4 is 10.5 Å². The van der Waals surface area contributed by atoms with Gasteiger partial charge in [-0.25, -0.2) is 0 Å². The van der Waals surface area contributed by atoms with Crippen LogP contribution in [0.15, 0.2) is 54.6 Å². The van der Waals surface area contributed by atoms with Gasteiger partial charge < -0.3 is 15.4 Å². The zero-order chi connectivity index (χ0) is 18.8. The lowest BCUT2D eigenvalue weighted by molar-refractivity contribution is -0.131. The second-order valence-corrected chi connectivity index (χ2v) is 6.09. The number of Topliss-reactive ketones (excluding diaryl/α,β-unsaturated/α-hetero) is 1. The summed E-state index contributed by atoms with van der Waals surface area (Å²) in [6.45, 7) is 1.67. The third-order valence-electron chi connectivity index (χ3n) is 4.18. The fraction of sp³-hybridized carbons (Fsp3) is 0.333. The summed E-state index contributed by atoms with van der Waals surface area (Å²) in [5, 5.41) is 0. The molecule has 0 aliphatic heterocycles. The van der Waals surface area contributed by atoms with E-state index in [4.69, 9.17) is 10.5 Å². The normalized spacial score (nSPS) is 10.0. The van der Waals surface area contributed by atoms with E-state index in [1.54, 1.807) is 36.3 Å². The highest BCUT2D eigenvalue weighted by Gasteiger charge is 2.16. The fourth-order valence-electron chi connectivity index (χ4n) is 2.68. The van der Waals surface area contributed by atoms with Crippen LogP contribution in [0.2, 0.25) is 0 Å². The van der Waals surface area contributed by atoms with Crippen molar-refractivity contribution in [3.8, 4) is 5.75 Å². The Morgan fingerprint density at radius 2 is 1.67 bits per heavy atom. The number of carbonyl (C=O) groups excluding carboxylic acids is 2. The van der Waals surface area contributed by atoms with Gasteiger partial charge >= 0.3 is 0 Å². The maximum Gasteiger partial charge on any atom is 0.223 e. The average Bonchev–Trinajstić information content (AvgIpc) is 2.69. The molecule has 2 N–H and O–H groups in total. The van der Waals surface area contributed by atoms with Gasteiger partial charge in [0.2, 0.25) is 5.91 Å². The topological polar surface area (TPSA) is 72.6 Å². The first-order valence-corrected chi connectivity index (χ1v) is 8.83. The van der Waals surface area contributed by atoms with Crippen molar-refractivity contribution < 1.29 is 14.3 Å². The highest BCUT2D eigenvalue weighted by molar-refractivity contribution is 5.98. The molecule has 0 heterocycles. The van der Waals surface area contributed by atoms with E-state index < -0.39 is 0 Å². The van der Waals surface area contributed by atoms with Crippen LogP contribution in [-0.2, 0) is 11.3 Å². The van der Waals surface area contributed by atoms with Crippen LogP contribution in [0.4, 0.5) is 0 Å². The number of hydrogen-bond acceptors (Lipinski definition) is 4. The molecule has 0 saturated heterocycles. The number of rotatable bonds is 10. The van der Waals surface area contributed by atoms with Crippen molar-refractivity contribution in [2.45, 2.75) is 25.8 Å². The van der Waals surface area contributed by atoms with Gasteiger partial charge in [0.25, 0.3) is 0 Å². The number of ketones is 1. The molecular weight excluding hydrogens is 364 g/mol. The van der Waals surface area contributed by atoms with Crippen LogP contribution in [0, 0.1) is 0 Å². The second kappa shape index (κ2) is 12.1. The lowest BCUT2D eigenvalue weighted by atomic mass is 10.1. The molecule has 2 rings (SSSR count). The van der Waals surface area contributed by atoms with E-state index in [0.29, 0.717) is 30.9 Å². The Morgan fingerprint density at radius 1 is 1.00 bits per heavy atom. The van der Waals surface area contributed by atoms with Gasteiger partial charge in [-0.2, -0.15) is 0 Å². The van der Waals surface area contributed by atoms with Gasteiger partial charge in [-0.05, 0) is 42.8 Å². The summed E-state index contributed by atoms with van der Waals surface area (Å²) in [6, 6.07) is 16.8. The van der Waals surface area contributed by atoms with E-state index in [1.165, 1.54) is 0 Å². The summed E-state index contributed by atoms with van der Waals surface area (Å²) in [4.78, 5) is 26.7. The molecule has 0 saturated carbocycles. The molecule has 146 valence electrons. The van der Waals surface area contributed by atoms with Crippen LogP contribution in [0.25, 0.3) is 0 Å². The molecule has 1 amide bonds. The smallest absolute Gasteiger partial charge is 0.223 e. The van der Waals surface area contributed by atoms with Crippen LogP contribution in [-0.4, -0.2) is 36.8 Å². The summed E-state index contributed by atoms with van der Waals surface area (Å²) >= 11 is 0. The van der Waals surface area contributed by atoms with Crippen molar-refractivity contribution in [3.05, 3.63) is 65.7 Å². The van der Waals surface area contributed by atoms with Crippen molar-refractivity contribution in [1.82, 2.24) is 4.90 Å². The van der Waals surface area contributed by atoms with Gasteiger partial charge in [0.05, 0.1) is 7.11 Å². The molecule has 0 fully saturated rings. The van der Waals surface area contributed by atoms with Gasteiger partial charge in [0, 0.05) is 31.5 Å². The molecular formula is C21H27ClN2O3. The van der Waals surface area contributed by atoms with Crippen LogP contribution in [0.1, 0.15) is 35.2 Å². The van der Waals surface area contributed by atoms with E-state index in [2.05, 4.69) is 0 Å². The Morgan fingerprint density at radius 3 is 2.26 bits per heavy atom. The van der Waals surface area contributed by atoms with Gasteiger partial charge in [-0.15, -0.1) is 12.4 Å². The molecule has 0 aliphatic rings. The minimum Gasteiger partial charge on any atom is -0.497 e. The standard InChI is InChI=1S/C21H26N2O3.ClH/c1-26-19-10-8-18(9-11-19)20(24)12-13-21(25)23(15-5-14-22)16-17-6-3-2-4-7-17;/h2-4,6-11H,5,12-16,22H2,1H3;1H. The van der Waals surface area contributed by atoms with Crippen molar-refractivity contribution in [1.29, 1.82) is 0 Å². The molecule has 5 nitrogen and oxygen atoms in total. The first kappa shape index (κ1) is 22.7. The van der Waals surface area contributed by atoms with Crippen molar-refractivity contribution in [2.75, 3.05) is 20.2 Å². The Balaban J connectivity index is 0.00000364. The van der Waals surface area contributed by atoms with Crippen LogP contribution in [0.3, 0.4) is 0 Å². The highest BCUT2D eigenvalue weighted by atomic mass is 35.5. The second-order valence-electron chi connectivity index (χ2n) is 6.09. The molecule has 0 bridgehead atoms. The third kappa shape index (κ3) is 7.41. The molecule has 2 aromatic rings. The minimum absolute atomic E-state index is 0.